The highest BCUT2D eigenvalue weighted by molar-refractivity contribution is 6.64. The Morgan fingerprint density at radius 2 is 2.00 bits per heavy atom. The first kappa shape index (κ1) is 12.2. The normalized spacial score (nSPS) is 15.6. The largest absolute Gasteiger partial charge is 0.378 e. The lowest BCUT2D eigenvalue weighted by atomic mass is 10.2. The zero-order valence-electron chi connectivity index (χ0n) is 10.5. The van der Waals surface area contributed by atoms with Gasteiger partial charge >= 0.3 is 0 Å². The fraction of sp³-hybridized carbons (Fsp3) is 0.429. The summed E-state index contributed by atoms with van der Waals surface area (Å²) in [4.78, 5) is 2.36. The number of morpholine rings is 1. The lowest BCUT2D eigenvalue weighted by Crippen LogP contribution is -2.36. The van der Waals surface area contributed by atoms with Crippen LogP contribution in [0.2, 0.25) is 13.1 Å². The standard InChI is InChI=1S/C14H18NOSi/c1-17(2)11-6-13-4-3-5-14(12-13)15-7-9-16-10-8-15/h3-5,12H,7-10H2,1-2H3. The van der Waals surface area contributed by atoms with Crippen molar-refractivity contribution < 1.29 is 4.74 Å². The Morgan fingerprint density at radius 3 is 2.71 bits per heavy atom. The molecule has 1 radical (unpaired) electrons. The molecule has 1 saturated heterocycles. The maximum atomic E-state index is 5.36. The van der Waals surface area contributed by atoms with Gasteiger partial charge in [-0.25, -0.2) is 0 Å². The summed E-state index contributed by atoms with van der Waals surface area (Å²) < 4.78 is 5.36. The predicted molar refractivity (Wildman–Crippen MR) is 73.8 cm³/mol. The predicted octanol–water partition coefficient (Wildman–Crippen LogP) is 2.17. The molecule has 1 aromatic carbocycles. The van der Waals surface area contributed by atoms with Gasteiger partial charge in [-0.05, 0) is 18.2 Å². The molecule has 2 nitrogen and oxygen atoms in total. The number of hydrogen-bond donors (Lipinski definition) is 0. The first-order valence-corrected chi connectivity index (χ1v) is 8.50. The summed E-state index contributed by atoms with van der Waals surface area (Å²) in [6, 6.07) is 8.51. The Labute approximate surface area is 105 Å². The number of benzene rings is 1. The summed E-state index contributed by atoms with van der Waals surface area (Å²) in [5.74, 6) is 3.26. The van der Waals surface area contributed by atoms with E-state index in [1.807, 2.05) is 0 Å². The summed E-state index contributed by atoms with van der Waals surface area (Å²) in [5.41, 5.74) is 5.69. The van der Waals surface area contributed by atoms with Crippen LogP contribution in [0, 0.1) is 11.5 Å². The lowest BCUT2D eigenvalue weighted by molar-refractivity contribution is 0.122. The fourth-order valence-corrected chi connectivity index (χ4v) is 2.19. The Hall–Kier alpha value is -1.24. The van der Waals surface area contributed by atoms with Crippen LogP contribution in [0.4, 0.5) is 5.69 Å². The van der Waals surface area contributed by atoms with Gasteiger partial charge in [0.1, 0.15) is 8.80 Å². The van der Waals surface area contributed by atoms with Gasteiger partial charge in [-0.2, -0.15) is 0 Å². The van der Waals surface area contributed by atoms with Crippen molar-refractivity contribution in [3.05, 3.63) is 29.8 Å². The molecule has 0 spiro atoms. The van der Waals surface area contributed by atoms with Crippen molar-refractivity contribution in [2.45, 2.75) is 13.1 Å². The molecule has 1 aromatic rings. The summed E-state index contributed by atoms with van der Waals surface area (Å²) in [6.07, 6.45) is 0. The average molecular weight is 244 g/mol. The second-order valence-electron chi connectivity index (χ2n) is 4.40. The minimum atomic E-state index is -0.464. The molecule has 3 heteroatoms. The van der Waals surface area contributed by atoms with Crippen molar-refractivity contribution in [2.75, 3.05) is 31.2 Å². The van der Waals surface area contributed by atoms with E-state index in [1.165, 1.54) is 5.69 Å². The van der Waals surface area contributed by atoms with Crippen LogP contribution in [0.5, 0.6) is 0 Å². The lowest BCUT2D eigenvalue weighted by Gasteiger charge is -2.28. The molecule has 0 saturated carbocycles. The van der Waals surface area contributed by atoms with Gasteiger partial charge < -0.3 is 9.64 Å². The molecule has 0 bridgehead atoms. The van der Waals surface area contributed by atoms with E-state index >= 15 is 0 Å². The van der Waals surface area contributed by atoms with Gasteiger partial charge in [0, 0.05) is 24.3 Å². The van der Waals surface area contributed by atoms with Gasteiger partial charge in [-0.3, -0.25) is 0 Å². The third kappa shape index (κ3) is 3.62. The molecule has 1 fully saturated rings. The van der Waals surface area contributed by atoms with Crippen molar-refractivity contribution in [1.82, 2.24) is 0 Å². The van der Waals surface area contributed by atoms with Crippen LogP contribution in [0.25, 0.3) is 0 Å². The first-order valence-electron chi connectivity index (χ1n) is 6.00. The Balaban J connectivity index is 2.14. The zero-order chi connectivity index (χ0) is 12.1. The van der Waals surface area contributed by atoms with Crippen LogP contribution in [-0.4, -0.2) is 35.1 Å². The molecule has 0 unspecified atom stereocenters. The third-order valence-electron chi connectivity index (χ3n) is 2.68. The van der Waals surface area contributed by atoms with Gasteiger partial charge in [0.15, 0.2) is 0 Å². The van der Waals surface area contributed by atoms with E-state index in [9.17, 15) is 0 Å². The molecule has 0 amide bonds. The van der Waals surface area contributed by atoms with Crippen LogP contribution in [0.3, 0.4) is 0 Å². The minimum Gasteiger partial charge on any atom is -0.378 e. The topological polar surface area (TPSA) is 12.5 Å². The monoisotopic (exact) mass is 244 g/mol. The molecule has 89 valence electrons. The molecule has 0 aromatic heterocycles. The number of hydrogen-bond acceptors (Lipinski definition) is 2. The maximum Gasteiger partial charge on any atom is 0.138 e. The molecular formula is C14H18NOSi. The van der Waals surface area contributed by atoms with E-state index in [0.717, 1.165) is 31.9 Å². The third-order valence-corrected chi connectivity index (χ3v) is 3.30. The summed E-state index contributed by atoms with van der Waals surface area (Å²) in [7, 11) is -0.464. The summed E-state index contributed by atoms with van der Waals surface area (Å²) in [5, 5.41) is 0. The molecule has 0 atom stereocenters. The molecule has 1 aliphatic rings. The van der Waals surface area contributed by atoms with Gasteiger partial charge in [-0.1, -0.05) is 25.1 Å². The van der Waals surface area contributed by atoms with Gasteiger partial charge in [0.05, 0.1) is 13.2 Å². The highest BCUT2D eigenvalue weighted by atomic mass is 28.3. The van der Waals surface area contributed by atoms with E-state index in [1.54, 1.807) is 0 Å². The molecule has 1 aliphatic heterocycles. The number of rotatable bonds is 1. The zero-order valence-corrected chi connectivity index (χ0v) is 11.5. The second kappa shape index (κ2) is 5.90. The summed E-state index contributed by atoms with van der Waals surface area (Å²) >= 11 is 0. The summed E-state index contributed by atoms with van der Waals surface area (Å²) in [6.45, 7) is 8.04. The Kier molecular flexibility index (Phi) is 4.24. The molecule has 2 rings (SSSR count). The van der Waals surface area contributed by atoms with Crippen molar-refractivity contribution in [1.29, 1.82) is 0 Å². The van der Waals surface area contributed by atoms with Gasteiger partial charge in [-0.15, -0.1) is 5.54 Å². The molecule has 0 N–H and O–H groups in total. The number of nitrogens with zero attached hydrogens (tertiary/aromatic N) is 1. The van der Waals surface area contributed by atoms with E-state index in [4.69, 9.17) is 4.74 Å². The Bertz CT molecular complexity index is 427. The second-order valence-corrected chi connectivity index (χ2v) is 6.65. The molecular weight excluding hydrogens is 226 g/mol. The minimum absolute atomic E-state index is 0.464. The first-order chi connectivity index (χ1) is 8.25. The van der Waals surface area contributed by atoms with Crippen LogP contribution in [-0.2, 0) is 4.74 Å². The van der Waals surface area contributed by atoms with E-state index in [0.29, 0.717) is 0 Å². The number of ether oxygens (including phenoxy) is 1. The van der Waals surface area contributed by atoms with Crippen molar-refractivity contribution in [3.63, 3.8) is 0 Å². The quantitative estimate of drug-likeness (QED) is 0.554. The van der Waals surface area contributed by atoms with Crippen LogP contribution < -0.4 is 4.90 Å². The van der Waals surface area contributed by atoms with E-state index in [2.05, 4.69) is 53.7 Å². The number of anilines is 1. The van der Waals surface area contributed by atoms with Crippen LogP contribution in [0.1, 0.15) is 5.56 Å². The molecule has 1 heterocycles. The highest BCUT2D eigenvalue weighted by Gasteiger charge is 2.10. The fourth-order valence-electron chi connectivity index (χ4n) is 1.80. The van der Waals surface area contributed by atoms with Crippen molar-refractivity contribution >= 4 is 14.5 Å². The Morgan fingerprint density at radius 1 is 1.24 bits per heavy atom. The maximum absolute atomic E-state index is 5.36. The SMILES string of the molecule is C[Si](C)C#Cc1cccc(N2CCOCC2)c1. The van der Waals surface area contributed by atoms with Crippen LogP contribution >= 0.6 is 0 Å². The van der Waals surface area contributed by atoms with Crippen molar-refractivity contribution in [2.24, 2.45) is 0 Å². The van der Waals surface area contributed by atoms with Gasteiger partial charge in [0.2, 0.25) is 0 Å². The average Bonchev–Trinajstić information content (AvgIpc) is 2.38. The van der Waals surface area contributed by atoms with Crippen LogP contribution in [0.15, 0.2) is 24.3 Å². The smallest absolute Gasteiger partial charge is 0.138 e. The molecule has 0 aliphatic carbocycles. The molecule has 17 heavy (non-hydrogen) atoms. The van der Waals surface area contributed by atoms with E-state index in [-0.39, 0.29) is 0 Å². The highest BCUT2D eigenvalue weighted by Crippen LogP contribution is 2.16. The van der Waals surface area contributed by atoms with Crippen molar-refractivity contribution in [3.8, 4) is 11.5 Å². The van der Waals surface area contributed by atoms with E-state index < -0.39 is 8.80 Å². The van der Waals surface area contributed by atoms with Gasteiger partial charge in [0.25, 0.3) is 0 Å².